The van der Waals surface area contributed by atoms with Crippen molar-refractivity contribution in [1.29, 1.82) is 0 Å². The van der Waals surface area contributed by atoms with Crippen molar-refractivity contribution in [3.63, 3.8) is 0 Å². The van der Waals surface area contributed by atoms with Crippen molar-refractivity contribution in [2.24, 2.45) is 0 Å². The first-order chi connectivity index (χ1) is 9.83. The van der Waals surface area contributed by atoms with Gasteiger partial charge in [-0.2, -0.15) is 0 Å². The largest absolute Gasteiger partial charge is 0.236 e. The quantitative estimate of drug-likeness (QED) is 0.540. The molecule has 0 radical (unpaired) electrons. The van der Waals surface area contributed by atoms with Crippen molar-refractivity contribution < 1.29 is 0 Å². The number of nitrogens with zero attached hydrogens (tertiary/aromatic N) is 1. The van der Waals surface area contributed by atoms with Crippen LogP contribution in [0.15, 0.2) is 57.9 Å². The van der Waals surface area contributed by atoms with Gasteiger partial charge in [0.2, 0.25) is 0 Å². The molecule has 2 aromatic carbocycles. The first-order valence-corrected chi connectivity index (χ1v) is 8.89. The summed E-state index contributed by atoms with van der Waals surface area (Å²) < 4.78 is 1.10. The Morgan fingerprint density at radius 3 is 2.55 bits per heavy atom. The van der Waals surface area contributed by atoms with Crippen molar-refractivity contribution in [2.75, 3.05) is 0 Å². The zero-order valence-electron chi connectivity index (χ0n) is 10.5. The van der Waals surface area contributed by atoms with Crippen LogP contribution in [0.3, 0.4) is 0 Å². The summed E-state index contributed by atoms with van der Waals surface area (Å²) >= 11 is 7.33. The Kier molecular flexibility index (Phi) is 3.17. The Bertz CT molecular complexity index is 795. The number of aromatic nitrogens is 1. The topological polar surface area (TPSA) is 12.9 Å². The predicted molar refractivity (Wildman–Crippen MR) is 90.2 cm³/mol. The Morgan fingerprint density at radius 2 is 1.70 bits per heavy atom. The van der Waals surface area contributed by atoms with Crippen LogP contribution in [-0.2, 0) is 5.75 Å². The van der Waals surface area contributed by atoms with Gasteiger partial charge in [-0.05, 0) is 12.1 Å². The number of thiazole rings is 1. The molecule has 98 valence electrons. The molecule has 3 aromatic rings. The summed E-state index contributed by atoms with van der Waals surface area (Å²) in [7, 11) is 0. The van der Waals surface area contributed by atoms with Gasteiger partial charge in [-0.3, -0.25) is 0 Å². The van der Waals surface area contributed by atoms with Gasteiger partial charge in [-0.25, -0.2) is 4.98 Å². The average molecular weight is 360 g/mol. The lowest BCUT2D eigenvalue weighted by molar-refractivity contribution is 1.29. The number of thioether (sulfide) groups is 1. The van der Waals surface area contributed by atoms with Gasteiger partial charge in [0.15, 0.2) is 0 Å². The van der Waals surface area contributed by atoms with Gasteiger partial charge in [0.05, 0.1) is 5.69 Å². The van der Waals surface area contributed by atoms with Crippen molar-refractivity contribution in [3.8, 4) is 21.8 Å². The van der Waals surface area contributed by atoms with Crippen molar-refractivity contribution in [3.05, 3.63) is 57.9 Å². The predicted octanol–water partition coefficient (Wildman–Crippen LogP) is 5.85. The zero-order chi connectivity index (χ0) is 13.5. The van der Waals surface area contributed by atoms with E-state index in [1.165, 1.54) is 20.9 Å². The summed E-state index contributed by atoms with van der Waals surface area (Å²) in [5.41, 5.74) is 3.61. The van der Waals surface area contributed by atoms with E-state index >= 15 is 0 Å². The minimum absolute atomic E-state index is 1.02. The van der Waals surface area contributed by atoms with E-state index in [1.54, 1.807) is 11.3 Å². The highest BCUT2D eigenvalue weighted by Crippen LogP contribution is 2.45. The maximum absolute atomic E-state index is 4.90. The molecule has 2 heterocycles. The smallest absolute Gasteiger partial charge is 0.125 e. The van der Waals surface area contributed by atoms with E-state index in [4.69, 9.17) is 4.98 Å². The number of hydrogen-bond donors (Lipinski definition) is 0. The lowest BCUT2D eigenvalue weighted by Crippen LogP contribution is -1.92. The second-order valence-electron chi connectivity index (χ2n) is 4.56. The molecule has 0 atom stereocenters. The Labute approximate surface area is 134 Å². The zero-order valence-corrected chi connectivity index (χ0v) is 13.7. The number of rotatable bonds is 1. The van der Waals surface area contributed by atoms with Crippen LogP contribution in [0.4, 0.5) is 0 Å². The second kappa shape index (κ2) is 5.02. The van der Waals surface area contributed by atoms with E-state index < -0.39 is 0 Å². The highest BCUT2D eigenvalue weighted by Gasteiger charge is 2.21. The van der Waals surface area contributed by atoms with Gasteiger partial charge in [-0.15, -0.1) is 23.1 Å². The summed E-state index contributed by atoms with van der Waals surface area (Å²) in [6.45, 7) is 0. The molecule has 4 rings (SSSR count). The first kappa shape index (κ1) is 12.6. The molecule has 1 aromatic heterocycles. The number of hydrogen-bond acceptors (Lipinski definition) is 3. The lowest BCUT2D eigenvalue weighted by atomic mass is 10.1. The molecule has 0 bridgehead atoms. The van der Waals surface area contributed by atoms with E-state index in [0.717, 1.165) is 20.9 Å². The van der Waals surface area contributed by atoms with Crippen LogP contribution in [0.1, 0.15) is 4.88 Å². The van der Waals surface area contributed by atoms with Gasteiger partial charge in [0.25, 0.3) is 0 Å². The molecular formula is C16H10BrNS2. The Hall–Kier alpha value is -1.10. The summed E-state index contributed by atoms with van der Waals surface area (Å²) in [4.78, 5) is 7.61. The van der Waals surface area contributed by atoms with Crippen LogP contribution in [-0.4, -0.2) is 4.98 Å². The molecule has 1 nitrogen and oxygen atoms in total. The maximum Gasteiger partial charge on any atom is 0.125 e. The molecule has 0 saturated heterocycles. The van der Waals surface area contributed by atoms with Crippen molar-refractivity contribution in [2.45, 2.75) is 10.6 Å². The van der Waals surface area contributed by atoms with Gasteiger partial charge < -0.3 is 0 Å². The summed E-state index contributed by atoms with van der Waals surface area (Å²) in [5.74, 6) is 1.02. The van der Waals surface area contributed by atoms with Gasteiger partial charge >= 0.3 is 0 Å². The Balaban J connectivity index is 1.89. The van der Waals surface area contributed by atoms with Gasteiger partial charge in [0, 0.05) is 31.1 Å². The fourth-order valence-electron chi connectivity index (χ4n) is 2.34. The molecule has 0 spiro atoms. The van der Waals surface area contributed by atoms with E-state index in [2.05, 4.69) is 58.4 Å². The molecule has 0 fully saturated rings. The fourth-order valence-corrected chi connectivity index (χ4v) is 5.19. The van der Waals surface area contributed by atoms with Crippen LogP contribution in [0.25, 0.3) is 21.8 Å². The van der Waals surface area contributed by atoms with Crippen LogP contribution in [0.2, 0.25) is 0 Å². The molecule has 0 saturated carbocycles. The van der Waals surface area contributed by atoms with Crippen LogP contribution >= 0.6 is 39.0 Å². The molecule has 0 unspecified atom stereocenters. The molecule has 0 N–H and O–H groups in total. The monoisotopic (exact) mass is 359 g/mol. The standard InChI is InChI=1S/C16H10BrNS2/c17-12-7-3-1-5-10(12)16-18-15-11-6-2-4-8-13(11)19-9-14(15)20-16/h1-8H,9H2. The Morgan fingerprint density at radius 1 is 0.950 bits per heavy atom. The normalized spacial score (nSPS) is 12.8. The number of halogens is 1. The van der Waals surface area contributed by atoms with Crippen LogP contribution in [0.5, 0.6) is 0 Å². The molecular weight excluding hydrogens is 350 g/mol. The van der Waals surface area contributed by atoms with Crippen LogP contribution in [0, 0.1) is 0 Å². The van der Waals surface area contributed by atoms with E-state index in [9.17, 15) is 0 Å². The molecule has 4 heteroatoms. The van der Waals surface area contributed by atoms with Gasteiger partial charge in [0.1, 0.15) is 5.01 Å². The third-order valence-electron chi connectivity index (χ3n) is 3.30. The van der Waals surface area contributed by atoms with E-state index in [0.29, 0.717) is 0 Å². The molecule has 0 amide bonds. The minimum atomic E-state index is 1.02. The van der Waals surface area contributed by atoms with Crippen LogP contribution < -0.4 is 0 Å². The summed E-state index contributed by atoms with van der Waals surface area (Å²) in [6, 6.07) is 16.8. The SMILES string of the molecule is Brc1ccccc1-c1nc2c(s1)CSc1ccccc1-2. The fraction of sp³-hybridized carbons (Fsp3) is 0.0625. The summed E-state index contributed by atoms with van der Waals surface area (Å²) in [6.07, 6.45) is 0. The molecule has 0 aliphatic carbocycles. The highest BCUT2D eigenvalue weighted by atomic mass is 79.9. The lowest BCUT2D eigenvalue weighted by Gasteiger charge is -2.13. The summed E-state index contributed by atoms with van der Waals surface area (Å²) in [5, 5.41) is 1.10. The first-order valence-electron chi connectivity index (χ1n) is 6.30. The van der Waals surface area contributed by atoms with Crippen molar-refractivity contribution >= 4 is 39.0 Å². The van der Waals surface area contributed by atoms with Gasteiger partial charge in [-0.1, -0.05) is 52.3 Å². The van der Waals surface area contributed by atoms with E-state index in [1.807, 2.05) is 17.8 Å². The average Bonchev–Trinajstić information content (AvgIpc) is 2.92. The van der Waals surface area contributed by atoms with Crippen molar-refractivity contribution in [1.82, 2.24) is 4.98 Å². The molecule has 1 aliphatic rings. The van der Waals surface area contributed by atoms with E-state index in [-0.39, 0.29) is 0 Å². The highest BCUT2D eigenvalue weighted by molar-refractivity contribution is 9.10. The minimum Gasteiger partial charge on any atom is -0.236 e. The molecule has 1 aliphatic heterocycles. The number of fused-ring (bicyclic) bond motifs is 3. The molecule has 20 heavy (non-hydrogen) atoms. The second-order valence-corrected chi connectivity index (χ2v) is 7.51. The maximum atomic E-state index is 4.90. The third kappa shape index (κ3) is 2.03. The number of benzene rings is 2. The third-order valence-corrected chi connectivity index (χ3v) is 6.37.